The van der Waals surface area contributed by atoms with Crippen LogP contribution in [0.25, 0.3) is 20.7 Å². The van der Waals surface area contributed by atoms with Crippen molar-refractivity contribution in [3.63, 3.8) is 0 Å². The molecule has 1 aromatic carbocycles. The zero-order valence-corrected chi connectivity index (χ0v) is 18.1. The predicted octanol–water partition coefficient (Wildman–Crippen LogP) is 2.67. The highest BCUT2D eigenvalue weighted by atomic mass is 32.1. The molecule has 0 aliphatic rings. The van der Waals surface area contributed by atoms with Gasteiger partial charge in [-0.1, -0.05) is 0 Å². The number of carbonyl (C=O) groups excluding carboxylic acids is 1. The molecule has 30 heavy (non-hydrogen) atoms. The number of hydrogen-bond acceptors (Lipinski definition) is 8. The van der Waals surface area contributed by atoms with Gasteiger partial charge in [-0.3, -0.25) is 14.5 Å². The van der Waals surface area contributed by atoms with E-state index in [1.165, 1.54) is 11.3 Å². The zero-order valence-electron chi connectivity index (χ0n) is 17.3. The van der Waals surface area contributed by atoms with E-state index in [9.17, 15) is 9.59 Å². The number of aromatic amines is 1. The van der Waals surface area contributed by atoms with Crippen molar-refractivity contribution in [2.45, 2.75) is 13.5 Å². The summed E-state index contributed by atoms with van der Waals surface area (Å²) in [6.45, 7) is 3.45. The fourth-order valence-corrected chi connectivity index (χ4v) is 3.99. The first kappa shape index (κ1) is 21.9. The lowest BCUT2D eigenvalue weighted by Gasteiger charge is -2.20. The summed E-state index contributed by atoms with van der Waals surface area (Å²) in [6, 6.07) is 9.57. The van der Waals surface area contributed by atoms with Crippen LogP contribution in [0, 0.1) is 0 Å². The molecule has 0 aliphatic heterocycles. The smallest absolute Gasteiger partial charge is 0.320 e. The SMILES string of the molecule is CCOC(=O)CN(CCOC)Cc1nc2cc(-c3ccc(OC)cc3)sc2c(=O)[nH]1. The summed E-state index contributed by atoms with van der Waals surface area (Å²) < 4.78 is 15.9. The van der Waals surface area contributed by atoms with Gasteiger partial charge in [-0.25, -0.2) is 4.98 Å². The summed E-state index contributed by atoms with van der Waals surface area (Å²) in [4.78, 5) is 34.7. The van der Waals surface area contributed by atoms with Crippen LogP contribution in [0.1, 0.15) is 12.7 Å². The number of esters is 1. The molecule has 0 saturated carbocycles. The molecule has 3 rings (SSSR count). The highest BCUT2D eigenvalue weighted by Crippen LogP contribution is 2.31. The van der Waals surface area contributed by atoms with Crippen LogP contribution in [0.5, 0.6) is 5.75 Å². The third-order valence-corrected chi connectivity index (χ3v) is 5.62. The van der Waals surface area contributed by atoms with Gasteiger partial charge in [0.1, 0.15) is 16.3 Å². The van der Waals surface area contributed by atoms with Crippen LogP contribution < -0.4 is 10.3 Å². The number of H-pyrrole nitrogens is 1. The summed E-state index contributed by atoms with van der Waals surface area (Å²) in [5.74, 6) is 0.942. The molecular weight excluding hydrogens is 406 g/mol. The maximum absolute atomic E-state index is 12.6. The zero-order chi connectivity index (χ0) is 21.5. The van der Waals surface area contributed by atoms with Crippen molar-refractivity contribution in [1.29, 1.82) is 0 Å². The van der Waals surface area contributed by atoms with Crippen molar-refractivity contribution < 1.29 is 19.0 Å². The van der Waals surface area contributed by atoms with Crippen LogP contribution in [-0.4, -0.2) is 61.4 Å². The average Bonchev–Trinajstić information content (AvgIpc) is 3.17. The Morgan fingerprint density at radius 3 is 2.67 bits per heavy atom. The molecule has 0 atom stereocenters. The van der Waals surface area contributed by atoms with E-state index < -0.39 is 0 Å². The Morgan fingerprint density at radius 1 is 1.23 bits per heavy atom. The Balaban J connectivity index is 1.84. The van der Waals surface area contributed by atoms with Gasteiger partial charge < -0.3 is 19.2 Å². The normalized spacial score (nSPS) is 11.2. The molecule has 0 radical (unpaired) electrons. The van der Waals surface area contributed by atoms with Gasteiger partial charge >= 0.3 is 5.97 Å². The first-order chi connectivity index (χ1) is 14.5. The van der Waals surface area contributed by atoms with Crippen LogP contribution in [-0.2, 0) is 20.8 Å². The number of nitrogens with one attached hydrogen (secondary N) is 1. The van der Waals surface area contributed by atoms with E-state index >= 15 is 0 Å². The molecule has 3 aromatic rings. The third-order valence-electron chi connectivity index (χ3n) is 4.45. The number of hydrogen-bond donors (Lipinski definition) is 1. The topological polar surface area (TPSA) is 93.8 Å². The van der Waals surface area contributed by atoms with E-state index in [-0.39, 0.29) is 18.1 Å². The van der Waals surface area contributed by atoms with Crippen LogP contribution in [0.3, 0.4) is 0 Å². The van der Waals surface area contributed by atoms with Crippen LogP contribution in [0.4, 0.5) is 0 Å². The fourth-order valence-electron chi connectivity index (χ4n) is 3.00. The quantitative estimate of drug-likeness (QED) is 0.493. The Kier molecular flexibility index (Phi) is 7.56. The second-order valence-corrected chi connectivity index (χ2v) is 7.63. The molecule has 9 heteroatoms. The van der Waals surface area contributed by atoms with Crippen molar-refractivity contribution >= 4 is 27.5 Å². The number of aromatic nitrogens is 2. The highest BCUT2D eigenvalue weighted by Gasteiger charge is 2.16. The Bertz CT molecular complexity index is 1040. The third kappa shape index (κ3) is 5.44. The molecule has 0 spiro atoms. The lowest BCUT2D eigenvalue weighted by atomic mass is 10.2. The Morgan fingerprint density at radius 2 is 2.00 bits per heavy atom. The van der Waals surface area contributed by atoms with Crippen LogP contribution >= 0.6 is 11.3 Å². The Hall–Kier alpha value is -2.75. The summed E-state index contributed by atoms with van der Waals surface area (Å²) in [5.41, 5.74) is 1.43. The molecule has 0 unspecified atom stereocenters. The first-order valence-corrected chi connectivity index (χ1v) is 10.4. The number of nitrogens with zero attached hydrogens (tertiary/aromatic N) is 2. The van der Waals surface area contributed by atoms with Gasteiger partial charge in [-0.2, -0.15) is 0 Å². The van der Waals surface area contributed by atoms with Gasteiger partial charge in [-0.15, -0.1) is 11.3 Å². The van der Waals surface area contributed by atoms with Crippen molar-refractivity contribution in [2.75, 3.05) is 40.5 Å². The van der Waals surface area contributed by atoms with Gasteiger partial charge in [0, 0.05) is 18.5 Å². The number of methoxy groups -OCH3 is 2. The fraction of sp³-hybridized carbons (Fsp3) is 0.381. The summed E-state index contributed by atoms with van der Waals surface area (Å²) in [7, 11) is 3.22. The number of thiophene rings is 1. The highest BCUT2D eigenvalue weighted by molar-refractivity contribution is 7.22. The summed E-state index contributed by atoms with van der Waals surface area (Å²) in [5, 5.41) is 0. The molecule has 0 bridgehead atoms. The standard InChI is InChI=1S/C21H25N3O5S/c1-4-29-19(25)13-24(9-10-27-2)12-18-22-16-11-17(30-20(16)21(26)23-18)14-5-7-15(28-3)8-6-14/h5-8,11H,4,9-10,12-13H2,1-3H3,(H,22,23,26). The lowest BCUT2D eigenvalue weighted by Crippen LogP contribution is -2.34. The van der Waals surface area contributed by atoms with Crippen molar-refractivity contribution in [2.24, 2.45) is 0 Å². The minimum atomic E-state index is -0.325. The second-order valence-electron chi connectivity index (χ2n) is 6.57. The van der Waals surface area contributed by atoms with E-state index in [0.717, 1.165) is 16.2 Å². The number of fused-ring (bicyclic) bond motifs is 1. The minimum Gasteiger partial charge on any atom is -0.497 e. The van der Waals surface area contributed by atoms with Crippen LogP contribution in [0.15, 0.2) is 35.1 Å². The molecule has 2 heterocycles. The van der Waals surface area contributed by atoms with E-state index in [1.807, 2.05) is 35.2 Å². The largest absolute Gasteiger partial charge is 0.497 e. The number of rotatable bonds is 10. The molecule has 2 aromatic heterocycles. The van der Waals surface area contributed by atoms with Crippen molar-refractivity contribution in [1.82, 2.24) is 14.9 Å². The maximum atomic E-state index is 12.6. The molecule has 0 amide bonds. The molecule has 0 saturated heterocycles. The molecule has 8 nitrogen and oxygen atoms in total. The minimum absolute atomic E-state index is 0.0969. The number of benzene rings is 1. The van der Waals surface area contributed by atoms with Gasteiger partial charge in [0.05, 0.1) is 38.9 Å². The van der Waals surface area contributed by atoms with E-state index in [4.69, 9.17) is 14.2 Å². The van der Waals surface area contributed by atoms with Gasteiger partial charge in [0.25, 0.3) is 5.56 Å². The lowest BCUT2D eigenvalue weighted by molar-refractivity contribution is -0.144. The van der Waals surface area contributed by atoms with Gasteiger partial charge in [-0.05, 0) is 42.8 Å². The molecule has 1 N–H and O–H groups in total. The monoisotopic (exact) mass is 431 g/mol. The van der Waals surface area contributed by atoms with E-state index in [2.05, 4.69) is 9.97 Å². The molecule has 160 valence electrons. The van der Waals surface area contributed by atoms with Crippen molar-refractivity contribution in [3.8, 4) is 16.2 Å². The molecule has 0 aliphatic carbocycles. The number of ether oxygens (including phenoxy) is 3. The maximum Gasteiger partial charge on any atom is 0.320 e. The summed E-state index contributed by atoms with van der Waals surface area (Å²) >= 11 is 1.39. The second kappa shape index (κ2) is 10.3. The molecular formula is C21H25N3O5S. The first-order valence-electron chi connectivity index (χ1n) is 9.58. The van der Waals surface area contributed by atoms with Gasteiger partial charge in [0.15, 0.2) is 0 Å². The predicted molar refractivity (Wildman–Crippen MR) is 116 cm³/mol. The van der Waals surface area contributed by atoms with Gasteiger partial charge in [0.2, 0.25) is 0 Å². The average molecular weight is 432 g/mol. The van der Waals surface area contributed by atoms with E-state index in [0.29, 0.717) is 42.3 Å². The number of carbonyl (C=O) groups is 1. The van der Waals surface area contributed by atoms with Crippen LogP contribution in [0.2, 0.25) is 0 Å². The Labute approximate surface area is 178 Å². The van der Waals surface area contributed by atoms with E-state index in [1.54, 1.807) is 21.1 Å². The summed E-state index contributed by atoms with van der Waals surface area (Å²) in [6.07, 6.45) is 0. The van der Waals surface area contributed by atoms with Crippen molar-refractivity contribution in [3.05, 3.63) is 46.5 Å². The molecule has 0 fully saturated rings.